The monoisotopic (exact) mass is 307 g/mol. The minimum absolute atomic E-state index is 0.0658. The van der Waals surface area contributed by atoms with Crippen molar-refractivity contribution in [1.29, 1.82) is 0 Å². The van der Waals surface area contributed by atoms with Crippen LogP contribution in [0.15, 0.2) is 48.5 Å². The summed E-state index contributed by atoms with van der Waals surface area (Å²) in [4.78, 5) is 11.9. The van der Waals surface area contributed by atoms with E-state index < -0.39 is 11.9 Å². The van der Waals surface area contributed by atoms with Gasteiger partial charge in [-0.1, -0.05) is 41.9 Å². The lowest BCUT2D eigenvalue weighted by Crippen LogP contribution is -2.26. The summed E-state index contributed by atoms with van der Waals surface area (Å²) in [6.07, 6.45) is -0.260. The van der Waals surface area contributed by atoms with Crippen molar-refractivity contribution in [3.63, 3.8) is 0 Å². The molecule has 0 aliphatic carbocycles. The van der Waals surface area contributed by atoms with E-state index in [1.807, 2.05) is 30.3 Å². The van der Waals surface area contributed by atoms with Crippen molar-refractivity contribution in [2.45, 2.75) is 12.5 Å². The molecular formula is C16H15ClFNO2. The molecule has 0 aromatic heterocycles. The van der Waals surface area contributed by atoms with E-state index in [1.54, 1.807) is 0 Å². The van der Waals surface area contributed by atoms with E-state index in [9.17, 15) is 14.3 Å². The predicted octanol–water partition coefficient (Wildman–Crippen LogP) is 3.33. The highest BCUT2D eigenvalue weighted by atomic mass is 35.5. The summed E-state index contributed by atoms with van der Waals surface area (Å²) in [5.41, 5.74) is 1.01. The van der Waals surface area contributed by atoms with Crippen LogP contribution >= 0.6 is 11.6 Å². The van der Waals surface area contributed by atoms with Gasteiger partial charge in [-0.15, -0.1) is 0 Å². The third-order valence-electron chi connectivity index (χ3n) is 3.06. The number of nitrogens with one attached hydrogen (secondary N) is 1. The summed E-state index contributed by atoms with van der Waals surface area (Å²) in [5, 5.41) is 12.7. The van der Waals surface area contributed by atoms with E-state index in [-0.39, 0.29) is 16.5 Å². The zero-order chi connectivity index (χ0) is 15.2. The van der Waals surface area contributed by atoms with E-state index >= 15 is 0 Å². The highest BCUT2D eigenvalue weighted by molar-refractivity contribution is 6.33. The standard InChI is InChI=1S/C16H15ClFNO2/c17-14-10-12(18)6-7-13(14)16(21)19-9-8-15(20)11-4-2-1-3-5-11/h1-7,10,15,20H,8-9H2,(H,19,21). The number of carbonyl (C=O) groups excluding carboxylic acids is 1. The van der Waals surface area contributed by atoms with E-state index in [0.29, 0.717) is 13.0 Å². The van der Waals surface area contributed by atoms with Crippen LogP contribution in [-0.4, -0.2) is 17.6 Å². The molecule has 0 saturated heterocycles. The molecule has 3 nitrogen and oxygen atoms in total. The first-order valence-electron chi connectivity index (χ1n) is 6.54. The molecule has 1 unspecified atom stereocenters. The third kappa shape index (κ3) is 4.28. The maximum atomic E-state index is 12.9. The number of benzene rings is 2. The Morgan fingerprint density at radius 1 is 1.24 bits per heavy atom. The molecule has 21 heavy (non-hydrogen) atoms. The van der Waals surface area contributed by atoms with Gasteiger partial charge in [0.15, 0.2) is 0 Å². The minimum Gasteiger partial charge on any atom is -0.388 e. The van der Waals surface area contributed by atoms with Gasteiger partial charge in [0.2, 0.25) is 0 Å². The molecule has 2 N–H and O–H groups in total. The van der Waals surface area contributed by atoms with Crippen molar-refractivity contribution >= 4 is 17.5 Å². The van der Waals surface area contributed by atoms with Crippen molar-refractivity contribution in [2.24, 2.45) is 0 Å². The Morgan fingerprint density at radius 3 is 2.62 bits per heavy atom. The molecule has 0 bridgehead atoms. The molecule has 110 valence electrons. The third-order valence-corrected chi connectivity index (χ3v) is 3.38. The number of aliphatic hydroxyl groups excluding tert-OH is 1. The summed E-state index contributed by atoms with van der Waals surface area (Å²) in [6, 6.07) is 12.8. The van der Waals surface area contributed by atoms with Crippen LogP contribution in [0.25, 0.3) is 0 Å². The van der Waals surface area contributed by atoms with E-state index in [2.05, 4.69) is 5.32 Å². The topological polar surface area (TPSA) is 49.3 Å². The van der Waals surface area contributed by atoms with Gasteiger partial charge >= 0.3 is 0 Å². The number of amides is 1. The van der Waals surface area contributed by atoms with Gasteiger partial charge in [-0.05, 0) is 30.2 Å². The maximum Gasteiger partial charge on any atom is 0.252 e. The van der Waals surface area contributed by atoms with Crippen LogP contribution in [0.1, 0.15) is 28.4 Å². The molecule has 0 saturated carbocycles. The molecule has 0 aliphatic heterocycles. The molecule has 0 aliphatic rings. The molecule has 2 aromatic rings. The summed E-state index contributed by atoms with van der Waals surface area (Å²) in [7, 11) is 0. The van der Waals surface area contributed by atoms with Crippen LogP contribution < -0.4 is 5.32 Å². The van der Waals surface area contributed by atoms with Gasteiger partial charge in [0, 0.05) is 6.54 Å². The van der Waals surface area contributed by atoms with Crippen LogP contribution in [-0.2, 0) is 0 Å². The van der Waals surface area contributed by atoms with Crippen molar-refractivity contribution < 1.29 is 14.3 Å². The molecule has 0 spiro atoms. The fourth-order valence-electron chi connectivity index (χ4n) is 1.93. The van der Waals surface area contributed by atoms with Crippen molar-refractivity contribution in [2.75, 3.05) is 6.54 Å². The van der Waals surface area contributed by atoms with E-state index in [0.717, 1.165) is 11.6 Å². The molecular weight excluding hydrogens is 293 g/mol. The van der Waals surface area contributed by atoms with Crippen molar-refractivity contribution in [3.8, 4) is 0 Å². The Kier molecular flexibility index (Phi) is 5.31. The highest BCUT2D eigenvalue weighted by Crippen LogP contribution is 2.18. The number of hydrogen-bond acceptors (Lipinski definition) is 2. The molecule has 5 heteroatoms. The molecule has 0 radical (unpaired) electrons. The van der Waals surface area contributed by atoms with Gasteiger partial charge in [0.05, 0.1) is 16.7 Å². The molecule has 1 atom stereocenters. The Hall–Kier alpha value is -1.91. The fraction of sp³-hybridized carbons (Fsp3) is 0.188. The smallest absolute Gasteiger partial charge is 0.252 e. The highest BCUT2D eigenvalue weighted by Gasteiger charge is 2.12. The van der Waals surface area contributed by atoms with Crippen LogP contribution in [0, 0.1) is 5.82 Å². The maximum absolute atomic E-state index is 12.9. The van der Waals surface area contributed by atoms with Gasteiger partial charge < -0.3 is 10.4 Å². The second-order valence-electron chi connectivity index (χ2n) is 4.60. The zero-order valence-corrected chi connectivity index (χ0v) is 12.0. The molecule has 0 fully saturated rings. The minimum atomic E-state index is -0.643. The average molecular weight is 308 g/mol. The summed E-state index contributed by atoms with van der Waals surface area (Å²) in [5.74, 6) is -0.878. The van der Waals surface area contributed by atoms with Crippen molar-refractivity contribution in [1.82, 2.24) is 5.32 Å². The normalized spacial score (nSPS) is 12.0. The average Bonchev–Trinajstić information content (AvgIpc) is 2.47. The lowest BCUT2D eigenvalue weighted by atomic mass is 10.1. The molecule has 1 amide bonds. The van der Waals surface area contributed by atoms with E-state index in [1.165, 1.54) is 12.1 Å². The second kappa shape index (κ2) is 7.20. The predicted molar refractivity (Wildman–Crippen MR) is 79.8 cm³/mol. The summed E-state index contributed by atoms with van der Waals surface area (Å²) in [6.45, 7) is 0.294. The Morgan fingerprint density at radius 2 is 1.95 bits per heavy atom. The number of carbonyl (C=O) groups is 1. The molecule has 2 rings (SSSR count). The summed E-state index contributed by atoms with van der Waals surface area (Å²) >= 11 is 5.81. The van der Waals surface area contributed by atoms with Gasteiger partial charge in [-0.25, -0.2) is 4.39 Å². The van der Waals surface area contributed by atoms with Gasteiger partial charge in [0.25, 0.3) is 5.91 Å². The van der Waals surface area contributed by atoms with Crippen LogP contribution in [0.3, 0.4) is 0 Å². The number of rotatable bonds is 5. The van der Waals surface area contributed by atoms with Crippen molar-refractivity contribution in [3.05, 3.63) is 70.5 Å². The van der Waals surface area contributed by atoms with Gasteiger partial charge in [-0.3, -0.25) is 4.79 Å². The molecule has 2 aromatic carbocycles. The zero-order valence-electron chi connectivity index (χ0n) is 11.2. The Balaban J connectivity index is 1.87. The fourth-order valence-corrected chi connectivity index (χ4v) is 2.19. The summed E-state index contributed by atoms with van der Waals surface area (Å²) < 4.78 is 12.9. The second-order valence-corrected chi connectivity index (χ2v) is 5.00. The van der Waals surface area contributed by atoms with Gasteiger partial charge in [-0.2, -0.15) is 0 Å². The number of aliphatic hydroxyl groups is 1. The Labute approximate surface area is 127 Å². The van der Waals surface area contributed by atoms with E-state index in [4.69, 9.17) is 11.6 Å². The van der Waals surface area contributed by atoms with Crippen LogP contribution in [0.4, 0.5) is 4.39 Å². The van der Waals surface area contributed by atoms with Crippen LogP contribution in [0.2, 0.25) is 5.02 Å². The van der Waals surface area contributed by atoms with Gasteiger partial charge in [0.1, 0.15) is 5.82 Å². The lowest BCUT2D eigenvalue weighted by molar-refractivity contribution is 0.0943. The first-order chi connectivity index (χ1) is 10.1. The Bertz CT molecular complexity index is 619. The number of halogens is 2. The lowest BCUT2D eigenvalue weighted by Gasteiger charge is -2.12. The quantitative estimate of drug-likeness (QED) is 0.890. The first-order valence-corrected chi connectivity index (χ1v) is 6.92. The molecule has 0 heterocycles. The SMILES string of the molecule is O=C(NCCC(O)c1ccccc1)c1ccc(F)cc1Cl. The first kappa shape index (κ1) is 15.5. The largest absolute Gasteiger partial charge is 0.388 e. The number of hydrogen-bond donors (Lipinski definition) is 2. The van der Waals surface area contributed by atoms with Crippen LogP contribution in [0.5, 0.6) is 0 Å².